The van der Waals surface area contributed by atoms with Gasteiger partial charge in [0.25, 0.3) is 5.91 Å². The van der Waals surface area contributed by atoms with Gasteiger partial charge in [0.15, 0.2) is 5.16 Å². The second-order valence-corrected chi connectivity index (χ2v) is 6.24. The summed E-state index contributed by atoms with van der Waals surface area (Å²) in [6.07, 6.45) is 5.19. The third-order valence-corrected chi connectivity index (χ3v) is 4.26. The fourth-order valence-electron chi connectivity index (χ4n) is 2.09. The van der Waals surface area contributed by atoms with Crippen molar-refractivity contribution < 1.29 is 9.21 Å². The predicted molar refractivity (Wildman–Crippen MR) is 92.7 cm³/mol. The molecule has 1 N–H and O–H groups in total. The molecule has 0 bridgehead atoms. The van der Waals surface area contributed by atoms with Crippen molar-refractivity contribution in [2.45, 2.75) is 24.4 Å². The summed E-state index contributed by atoms with van der Waals surface area (Å²) in [7, 11) is 0. The number of rotatable bonds is 6. The molecule has 0 saturated heterocycles. The molecule has 1 amide bonds. The van der Waals surface area contributed by atoms with Gasteiger partial charge >= 0.3 is 0 Å². The van der Waals surface area contributed by atoms with Crippen LogP contribution in [0.4, 0.5) is 0 Å². The van der Waals surface area contributed by atoms with E-state index < -0.39 is 0 Å². The summed E-state index contributed by atoms with van der Waals surface area (Å²) < 4.78 is 5.21. The third-order valence-electron chi connectivity index (χ3n) is 3.32. The molecule has 3 rings (SSSR count). The van der Waals surface area contributed by atoms with E-state index in [1.165, 1.54) is 0 Å². The highest BCUT2D eigenvalue weighted by molar-refractivity contribution is 7.98. The smallest absolute Gasteiger partial charge is 0.251 e. The number of furan rings is 1. The molecule has 3 aromatic rings. The molecule has 0 fully saturated rings. The molecule has 0 radical (unpaired) electrons. The monoisotopic (exact) mass is 339 g/mol. The number of amides is 1. The SMILES string of the molecule is Cc1cnc(SCc2cccc(C(=O)NCc3ccco3)c2)nc1. The highest BCUT2D eigenvalue weighted by Gasteiger charge is 2.07. The van der Waals surface area contributed by atoms with Crippen LogP contribution in [-0.2, 0) is 12.3 Å². The zero-order valence-electron chi connectivity index (χ0n) is 13.2. The van der Waals surface area contributed by atoms with Crippen LogP contribution in [-0.4, -0.2) is 15.9 Å². The summed E-state index contributed by atoms with van der Waals surface area (Å²) in [6.45, 7) is 2.33. The minimum absolute atomic E-state index is 0.121. The molecule has 24 heavy (non-hydrogen) atoms. The van der Waals surface area contributed by atoms with Crippen LogP contribution in [0.1, 0.15) is 27.2 Å². The van der Waals surface area contributed by atoms with Crippen LogP contribution in [0.15, 0.2) is 64.6 Å². The van der Waals surface area contributed by atoms with E-state index in [4.69, 9.17) is 4.42 Å². The fourth-order valence-corrected chi connectivity index (χ4v) is 2.82. The Labute approximate surface area is 144 Å². The minimum Gasteiger partial charge on any atom is -0.467 e. The number of nitrogens with zero attached hydrogens (tertiary/aromatic N) is 2. The topological polar surface area (TPSA) is 68.0 Å². The maximum Gasteiger partial charge on any atom is 0.251 e. The number of aromatic nitrogens is 2. The largest absolute Gasteiger partial charge is 0.467 e. The summed E-state index contributed by atoms with van der Waals surface area (Å²) in [6, 6.07) is 11.2. The average Bonchev–Trinajstić information content (AvgIpc) is 3.13. The standard InChI is InChI=1S/C18H17N3O2S/c1-13-9-20-18(21-10-13)24-12-14-4-2-5-15(8-14)17(22)19-11-16-6-3-7-23-16/h2-10H,11-12H2,1H3,(H,19,22). The lowest BCUT2D eigenvalue weighted by Gasteiger charge is -2.06. The quantitative estimate of drug-likeness (QED) is 0.549. The summed E-state index contributed by atoms with van der Waals surface area (Å²) in [4.78, 5) is 20.8. The molecule has 122 valence electrons. The summed E-state index contributed by atoms with van der Waals surface area (Å²) in [5.41, 5.74) is 2.72. The van der Waals surface area contributed by atoms with Crippen LogP contribution in [0.5, 0.6) is 0 Å². The molecule has 0 aliphatic heterocycles. The Bertz CT molecular complexity index is 801. The van der Waals surface area contributed by atoms with E-state index in [2.05, 4.69) is 15.3 Å². The Morgan fingerprint density at radius 2 is 2.04 bits per heavy atom. The van der Waals surface area contributed by atoms with E-state index in [0.717, 1.165) is 22.0 Å². The maximum atomic E-state index is 12.2. The molecular formula is C18H17N3O2S. The van der Waals surface area contributed by atoms with Gasteiger partial charge in [0.1, 0.15) is 5.76 Å². The molecule has 0 aliphatic rings. The Balaban J connectivity index is 1.58. The van der Waals surface area contributed by atoms with Crippen molar-refractivity contribution in [3.63, 3.8) is 0 Å². The number of carbonyl (C=O) groups excluding carboxylic acids is 1. The van der Waals surface area contributed by atoms with E-state index in [1.807, 2.05) is 31.2 Å². The van der Waals surface area contributed by atoms with Crippen molar-refractivity contribution in [1.82, 2.24) is 15.3 Å². The van der Waals surface area contributed by atoms with Crippen molar-refractivity contribution in [2.24, 2.45) is 0 Å². The van der Waals surface area contributed by atoms with Crippen molar-refractivity contribution in [1.29, 1.82) is 0 Å². The Hall–Kier alpha value is -2.60. The number of thioether (sulfide) groups is 1. The molecule has 2 heterocycles. The van der Waals surface area contributed by atoms with Gasteiger partial charge in [-0.05, 0) is 42.3 Å². The molecule has 2 aromatic heterocycles. The first-order valence-corrected chi connectivity index (χ1v) is 8.50. The van der Waals surface area contributed by atoms with Gasteiger partial charge in [0, 0.05) is 23.7 Å². The van der Waals surface area contributed by atoms with Crippen LogP contribution < -0.4 is 5.32 Å². The number of hydrogen-bond acceptors (Lipinski definition) is 5. The average molecular weight is 339 g/mol. The Kier molecular flexibility index (Phi) is 5.28. The number of hydrogen-bond donors (Lipinski definition) is 1. The third kappa shape index (κ3) is 4.45. The van der Waals surface area contributed by atoms with Gasteiger partial charge in [-0.15, -0.1) is 0 Å². The number of nitrogens with one attached hydrogen (secondary N) is 1. The minimum atomic E-state index is -0.121. The zero-order valence-corrected chi connectivity index (χ0v) is 14.0. The highest BCUT2D eigenvalue weighted by Crippen LogP contribution is 2.19. The second kappa shape index (κ2) is 7.79. The van der Waals surface area contributed by atoms with Gasteiger partial charge in [-0.1, -0.05) is 23.9 Å². The van der Waals surface area contributed by atoms with E-state index in [-0.39, 0.29) is 5.91 Å². The number of carbonyl (C=O) groups is 1. The van der Waals surface area contributed by atoms with E-state index in [9.17, 15) is 4.79 Å². The van der Waals surface area contributed by atoms with Crippen LogP contribution in [0, 0.1) is 6.92 Å². The number of benzene rings is 1. The van der Waals surface area contributed by atoms with Gasteiger partial charge in [0.05, 0.1) is 12.8 Å². The van der Waals surface area contributed by atoms with E-state index in [1.54, 1.807) is 42.6 Å². The van der Waals surface area contributed by atoms with Gasteiger partial charge in [-0.2, -0.15) is 0 Å². The van der Waals surface area contributed by atoms with Crippen molar-refractivity contribution in [3.8, 4) is 0 Å². The molecule has 0 unspecified atom stereocenters. The first-order valence-electron chi connectivity index (χ1n) is 7.52. The van der Waals surface area contributed by atoms with E-state index >= 15 is 0 Å². The molecule has 0 saturated carbocycles. The molecule has 1 aromatic carbocycles. The van der Waals surface area contributed by atoms with Crippen molar-refractivity contribution in [2.75, 3.05) is 0 Å². The van der Waals surface area contributed by atoms with Crippen molar-refractivity contribution in [3.05, 3.63) is 77.5 Å². The predicted octanol–water partition coefficient (Wildman–Crippen LogP) is 3.60. The highest BCUT2D eigenvalue weighted by atomic mass is 32.2. The van der Waals surface area contributed by atoms with Crippen LogP contribution in [0.3, 0.4) is 0 Å². The van der Waals surface area contributed by atoms with Gasteiger partial charge in [-0.3, -0.25) is 4.79 Å². The first kappa shape index (κ1) is 16.3. The molecule has 5 nitrogen and oxygen atoms in total. The Morgan fingerprint density at radius 1 is 1.21 bits per heavy atom. The van der Waals surface area contributed by atoms with Crippen LogP contribution in [0.25, 0.3) is 0 Å². The fraction of sp³-hybridized carbons (Fsp3) is 0.167. The lowest BCUT2D eigenvalue weighted by atomic mass is 10.1. The molecule has 0 atom stereocenters. The second-order valence-electron chi connectivity index (χ2n) is 5.29. The zero-order chi connectivity index (χ0) is 16.8. The number of aryl methyl sites for hydroxylation is 1. The molecule has 6 heteroatoms. The van der Waals surface area contributed by atoms with Gasteiger partial charge in [0.2, 0.25) is 0 Å². The van der Waals surface area contributed by atoms with Gasteiger partial charge < -0.3 is 9.73 Å². The van der Waals surface area contributed by atoms with Gasteiger partial charge in [-0.25, -0.2) is 9.97 Å². The lowest BCUT2D eigenvalue weighted by molar-refractivity contribution is 0.0948. The van der Waals surface area contributed by atoms with Crippen LogP contribution in [0.2, 0.25) is 0 Å². The maximum absolute atomic E-state index is 12.2. The summed E-state index contributed by atoms with van der Waals surface area (Å²) in [5, 5.41) is 3.57. The Morgan fingerprint density at radius 3 is 2.79 bits per heavy atom. The molecular weight excluding hydrogens is 322 g/mol. The normalized spacial score (nSPS) is 10.5. The molecule has 0 aliphatic carbocycles. The van der Waals surface area contributed by atoms with Crippen molar-refractivity contribution >= 4 is 17.7 Å². The summed E-state index contributed by atoms with van der Waals surface area (Å²) in [5.74, 6) is 1.32. The van der Waals surface area contributed by atoms with E-state index in [0.29, 0.717) is 17.9 Å². The summed E-state index contributed by atoms with van der Waals surface area (Å²) >= 11 is 1.55. The lowest BCUT2D eigenvalue weighted by Crippen LogP contribution is -2.22. The molecule has 0 spiro atoms. The van der Waals surface area contributed by atoms with Crippen LogP contribution >= 0.6 is 11.8 Å². The first-order chi connectivity index (χ1) is 11.7.